The Morgan fingerprint density at radius 1 is 1.32 bits per heavy atom. The van der Waals surface area contributed by atoms with Crippen molar-refractivity contribution in [2.45, 2.75) is 25.8 Å². The lowest BCUT2D eigenvalue weighted by Gasteiger charge is -2.30. The maximum absolute atomic E-state index is 12.6. The Morgan fingerprint density at radius 3 is 2.80 bits per heavy atom. The van der Waals surface area contributed by atoms with Crippen molar-refractivity contribution in [3.8, 4) is 5.75 Å². The highest BCUT2D eigenvalue weighted by atomic mass is 16.5. The highest BCUT2D eigenvalue weighted by Gasteiger charge is 2.26. The molecule has 0 atom stereocenters. The number of H-pyrrole nitrogens is 1. The van der Waals surface area contributed by atoms with E-state index in [1.165, 1.54) is 6.20 Å². The molecule has 0 amide bonds. The fourth-order valence-corrected chi connectivity index (χ4v) is 3.30. The van der Waals surface area contributed by atoms with Crippen LogP contribution in [0.25, 0.3) is 0 Å². The number of aromatic nitrogens is 2. The molecule has 1 fully saturated rings. The van der Waals surface area contributed by atoms with Crippen LogP contribution in [-0.2, 0) is 17.8 Å². The normalized spacial score (nSPS) is 15.9. The van der Waals surface area contributed by atoms with Crippen LogP contribution in [0, 0.1) is 5.92 Å². The number of carbonyl (C=O) groups is 1. The van der Waals surface area contributed by atoms with Crippen molar-refractivity contribution in [1.82, 2.24) is 14.9 Å². The van der Waals surface area contributed by atoms with Gasteiger partial charge in [0.25, 0.3) is 5.56 Å². The molecular formula is C19H23N3O3. The van der Waals surface area contributed by atoms with E-state index in [4.69, 9.17) is 4.74 Å². The first kappa shape index (κ1) is 17.4. The summed E-state index contributed by atoms with van der Waals surface area (Å²) in [6, 6.07) is 7.66. The van der Waals surface area contributed by atoms with E-state index < -0.39 is 0 Å². The van der Waals surface area contributed by atoms with Gasteiger partial charge in [0.05, 0.1) is 7.11 Å². The average Bonchev–Trinajstić information content (AvgIpc) is 2.64. The van der Waals surface area contributed by atoms with Crippen molar-refractivity contribution in [2.24, 2.45) is 5.92 Å². The topological polar surface area (TPSA) is 75.3 Å². The summed E-state index contributed by atoms with van der Waals surface area (Å²) in [7, 11) is 1.63. The van der Waals surface area contributed by atoms with Crippen LogP contribution < -0.4 is 10.3 Å². The minimum atomic E-state index is -0.142. The van der Waals surface area contributed by atoms with Gasteiger partial charge in [-0.2, -0.15) is 0 Å². The Morgan fingerprint density at radius 2 is 2.08 bits per heavy atom. The molecule has 3 rings (SSSR count). The number of likely N-dealkylation sites (tertiary alicyclic amines) is 1. The molecule has 25 heavy (non-hydrogen) atoms. The van der Waals surface area contributed by atoms with Gasteiger partial charge >= 0.3 is 0 Å². The zero-order valence-electron chi connectivity index (χ0n) is 14.4. The number of hydrogen-bond acceptors (Lipinski definition) is 5. The van der Waals surface area contributed by atoms with Gasteiger partial charge in [0, 0.05) is 36.8 Å². The van der Waals surface area contributed by atoms with Gasteiger partial charge in [0.2, 0.25) is 0 Å². The lowest BCUT2D eigenvalue weighted by Crippen LogP contribution is -2.37. The van der Waals surface area contributed by atoms with E-state index in [0.29, 0.717) is 18.7 Å². The highest BCUT2D eigenvalue weighted by molar-refractivity contribution is 5.84. The number of ketones is 1. The van der Waals surface area contributed by atoms with Gasteiger partial charge in [-0.15, -0.1) is 0 Å². The van der Waals surface area contributed by atoms with Crippen molar-refractivity contribution in [3.63, 3.8) is 0 Å². The number of rotatable bonds is 6. The maximum Gasteiger partial charge on any atom is 0.270 e. The van der Waals surface area contributed by atoms with Crippen LogP contribution in [0.5, 0.6) is 5.75 Å². The number of ether oxygens (including phenoxy) is 1. The second-order valence-corrected chi connectivity index (χ2v) is 6.37. The molecule has 1 saturated heterocycles. The van der Waals surface area contributed by atoms with Gasteiger partial charge in [0.15, 0.2) is 0 Å². The summed E-state index contributed by atoms with van der Waals surface area (Å²) in [6.07, 6.45) is 5.18. The van der Waals surface area contributed by atoms with E-state index in [1.54, 1.807) is 13.3 Å². The largest absolute Gasteiger partial charge is 0.496 e. The van der Waals surface area contributed by atoms with Crippen LogP contribution in [-0.4, -0.2) is 40.9 Å². The number of benzene rings is 1. The standard InChI is InChI=1S/C19H23N3O3/c1-25-18-5-3-2-4-15(18)12-17(23)14-6-10-22(11-7-14)13-16-19(24)21-9-8-20-16/h2-5,8-9,14H,6-7,10-13H2,1H3,(H,21,24). The molecule has 0 spiro atoms. The van der Waals surface area contributed by atoms with Gasteiger partial charge in [0.1, 0.15) is 17.2 Å². The van der Waals surface area contributed by atoms with E-state index in [2.05, 4.69) is 14.9 Å². The minimum Gasteiger partial charge on any atom is -0.496 e. The molecule has 6 nitrogen and oxygen atoms in total. The Hall–Kier alpha value is -2.47. The third-order valence-corrected chi connectivity index (χ3v) is 4.75. The van der Waals surface area contributed by atoms with Crippen molar-refractivity contribution < 1.29 is 9.53 Å². The fraction of sp³-hybridized carbons (Fsp3) is 0.421. The van der Waals surface area contributed by atoms with E-state index in [9.17, 15) is 9.59 Å². The first-order valence-electron chi connectivity index (χ1n) is 8.57. The SMILES string of the molecule is COc1ccccc1CC(=O)C1CCN(Cc2ncc[nH]c2=O)CC1. The molecule has 1 aromatic carbocycles. The molecule has 2 aromatic rings. The average molecular weight is 341 g/mol. The van der Waals surface area contributed by atoms with Gasteiger partial charge in [-0.3, -0.25) is 19.5 Å². The molecule has 2 heterocycles. The molecule has 1 aliphatic heterocycles. The summed E-state index contributed by atoms with van der Waals surface area (Å²) < 4.78 is 5.33. The van der Waals surface area contributed by atoms with Crippen molar-refractivity contribution in [3.05, 3.63) is 58.3 Å². The molecule has 1 aromatic heterocycles. The number of para-hydroxylation sites is 1. The van der Waals surface area contributed by atoms with Crippen LogP contribution in [0.1, 0.15) is 24.1 Å². The first-order valence-corrected chi connectivity index (χ1v) is 8.57. The number of aromatic amines is 1. The summed E-state index contributed by atoms with van der Waals surface area (Å²) in [5.74, 6) is 1.10. The third-order valence-electron chi connectivity index (χ3n) is 4.75. The van der Waals surface area contributed by atoms with Crippen LogP contribution >= 0.6 is 0 Å². The molecule has 0 bridgehead atoms. The number of carbonyl (C=O) groups excluding carboxylic acids is 1. The molecule has 0 aliphatic carbocycles. The van der Waals surface area contributed by atoms with Crippen LogP contribution in [0.3, 0.4) is 0 Å². The second-order valence-electron chi connectivity index (χ2n) is 6.37. The van der Waals surface area contributed by atoms with E-state index in [0.717, 1.165) is 37.2 Å². The van der Waals surface area contributed by atoms with E-state index in [-0.39, 0.29) is 17.3 Å². The fourth-order valence-electron chi connectivity index (χ4n) is 3.30. The molecular weight excluding hydrogens is 318 g/mol. The molecule has 0 saturated carbocycles. The maximum atomic E-state index is 12.6. The summed E-state index contributed by atoms with van der Waals surface area (Å²) in [6.45, 7) is 2.14. The number of methoxy groups -OCH3 is 1. The number of Topliss-reactive ketones (excluding diaryl/α,β-unsaturated/α-hetero) is 1. The van der Waals surface area contributed by atoms with Gasteiger partial charge < -0.3 is 9.72 Å². The van der Waals surface area contributed by atoms with Crippen LogP contribution in [0.2, 0.25) is 0 Å². The quantitative estimate of drug-likeness (QED) is 0.867. The third kappa shape index (κ3) is 4.33. The summed E-state index contributed by atoms with van der Waals surface area (Å²) >= 11 is 0. The molecule has 1 aliphatic rings. The smallest absolute Gasteiger partial charge is 0.270 e. The van der Waals surface area contributed by atoms with Crippen molar-refractivity contribution >= 4 is 5.78 Å². The molecule has 0 unspecified atom stereocenters. The lowest BCUT2D eigenvalue weighted by molar-refractivity contribution is -0.123. The monoisotopic (exact) mass is 341 g/mol. The molecule has 6 heteroatoms. The van der Waals surface area contributed by atoms with E-state index >= 15 is 0 Å². The van der Waals surface area contributed by atoms with Gasteiger partial charge in [-0.25, -0.2) is 0 Å². The number of hydrogen-bond donors (Lipinski definition) is 1. The minimum absolute atomic E-state index is 0.0724. The first-order chi connectivity index (χ1) is 12.2. The van der Waals surface area contributed by atoms with Crippen LogP contribution in [0.15, 0.2) is 41.5 Å². The zero-order valence-corrected chi connectivity index (χ0v) is 14.4. The van der Waals surface area contributed by atoms with Crippen molar-refractivity contribution in [2.75, 3.05) is 20.2 Å². The number of piperidine rings is 1. The number of nitrogens with zero attached hydrogens (tertiary/aromatic N) is 2. The molecule has 132 valence electrons. The summed E-state index contributed by atoms with van der Waals surface area (Å²) in [4.78, 5) is 33.3. The highest BCUT2D eigenvalue weighted by Crippen LogP contribution is 2.24. The predicted molar refractivity (Wildman–Crippen MR) is 94.6 cm³/mol. The zero-order chi connectivity index (χ0) is 17.6. The number of nitrogens with one attached hydrogen (secondary N) is 1. The Bertz CT molecular complexity index is 779. The van der Waals surface area contributed by atoms with Crippen LogP contribution in [0.4, 0.5) is 0 Å². The van der Waals surface area contributed by atoms with Gasteiger partial charge in [-0.1, -0.05) is 18.2 Å². The molecule has 1 N–H and O–H groups in total. The Kier molecular flexibility index (Phi) is 5.60. The lowest BCUT2D eigenvalue weighted by atomic mass is 9.89. The Labute approximate surface area is 146 Å². The molecule has 0 radical (unpaired) electrons. The van der Waals surface area contributed by atoms with Gasteiger partial charge in [-0.05, 0) is 32.0 Å². The van der Waals surface area contributed by atoms with E-state index in [1.807, 2.05) is 24.3 Å². The Balaban J connectivity index is 1.54. The second kappa shape index (κ2) is 8.07. The van der Waals surface area contributed by atoms with Crippen molar-refractivity contribution in [1.29, 1.82) is 0 Å². The summed E-state index contributed by atoms with van der Waals surface area (Å²) in [5, 5.41) is 0. The summed E-state index contributed by atoms with van der Waals surface area (Å²) in [5.41, 5.74) is 1.33. The predicted octanol–water partition coefficient (Wildman–Crippen LogP) is 1.80.